The molecule has 0 radical (unpaired) electrons. The topological polar surface area (TPSA) is 133 Å². The van der Waals surface area contributed by atoms with Gasteiger partial charge >= 0.3 is 0 Å². The molecule has 0 fully saturated rings. The fraction of sp³-hybridized carbons (Fsp3) is 0.222. The predicted molar refractivity (Wildman–Crippen MR) is 145 cm³/mol. The lowest BCUT2D eigenvalue weighted by Gasteiger charge is -2.20. The fourth-order valence-electron chi connectivity index (χ4n) is 4.42. The van der Waals surface area contributed by atoms with Crippen molar-refractivity contribution in [3.8, 4) is 0 Å². The van der Waals surface area contributed by atoms with E-state index in [1.54, 1.807) is 12.1 Å². The van der Waals surface area contributed by atoms with Crippen LogP contribution in [0.4, 0.5) is 11.4 Å². The molecular formula is C27H28N2O6S2. The van der Waals surface area contributed by atoms with Crippen molar-refractivity contribution in [2.45, 2.75) is 48.3 Å². The molecule has 0 aromatic heterocycles. The van der Waals surface area contributed by atoms with Gasteiger partial charge in [0.1, 0.15) is 0 Å². The van der Waals surface area contributed by atoms with E-state index in [0.29, 0.717) is 5.69 Å². The van der Waals surface area contributed by atoms with Crippen molar-refractivity contribution < 1.29 is 25.9 Å². The van der Waals surface area contributed by atoms with Crippen molar-refractivity contribution in [2.75, 3.05) is 5.32 Å². The Morgan fingerprint density at radius 2 is 1.32 bits per heavy atom. The highest BCUT2D eigenvalue weighted by Gasteiger charge is 2.36. The Hall–Kier alpha value is -3.31. The number of hydrogen-bond donors (Lipinski definition) is 3. The van der Waals surface area contributed by atoms with Gasteiger partial charge in [0.05, 0.1) is 21.2 Å². The normalized spacial score (nSPS) is 19.5. The predicted octanol–water partition coefficient (Wildman–Crippen LogP) is 5.50. The maximum absolute atomic E-state index is 11.5. The Labute approximate surface area is 217 Å². The van der Waals surface area contributed by atoms with Gasteiger partial charge < -0.3 is 5.32 Å². The van der Waals surface area contributed by atoms with Crippen LogP contribution in [-0.2, 0) is 31.1 Å². The molecule has 2 aromatic carbocycles. The molecule has 3 N–H and O–H groups in total. The van der Waals surface area contributed by atoms with Crippen molar-refractivity contribution in [3.05, 3.63) is 95.8 Å². The van der Waals surface area contributed by atoms with E-state index in [1.807, 2.05) is 70.2 Å². The first-order valence-electron chi connectivity index (χ1n) is 11.4. The third-order valence-electron chi connectivity index (χ3n) is 6.69. The molecule has 0 saturated heterocycles. The molecule has 0 atom stereocenters. The molecule has 8 nitrogen and oxygen atoms in total. The summed E-state index contributed by atoms with van der Waals surface area (Å²) in [7, 11) is -8.57. The van der Waals surface area contributed by atoms with Crippen LogP contribution in [0.25, 0.3) is 0 Å². The van der Waals surface area contributed by atoms with Crippen LogP contribution >= 0.6 is 0 Å². The molecule has 0 saturated carbocycles. The molecule has 10 heteroatoms. The molecule has 0 unspecified atom stereocenters. The van der Waals surface area contributed by atoms with Crippen molar-refractivity contribution in [2.24, 2.45) is 4.99 Å². The monoisotopic (exact) mass is 540 g/mol. The smallest absolute Gasteiger partial charge is 0.294 e. The highest BCUT2D eigenvalue weighted by Crippen LogP contribution is 2.44. The van der Waals surface area contributed by atoms with E-state index >= 15 is 0 Å². The number of fused-ring (bicyclic) bond motifs is 2. The number of allylic oxidation sites excluding steroid dienone is 8. The van der Waals surface area contributed by atoms with Gasteiger partial charge in [-0.05, 0) is 59.7 Å². The molecule has 0 aliphatic carbocycles. The second-order valence-electron chi connectivity index (χ2n) is 9.92. The average Bonchev–Trinajstić information content (AvgIpc) is 3.20. The van der Waals surface area contributed by atoms with Crippen molar-refractivity contribution in [1.82, 2.24) is 0 Å². The highest BCUT2D eigenvalue weighted by atomic mass is 32.2. The Morgan fingerprint density at radius 1 is 0.757 bits per heavy atom. The largest absolute Gasteiger partial charge is 0.358 e. The lowest BCUT2D eigenvalue weighted by atomic mass is 9.81. The minimum absolute atomic E-state index is 0.135. The van der Waals surface area contributed by atoms with E-state index in [1.165, 1.54) is 24.3 Å². The zero-order chi connectivity index (χ0) is 27.2. The summed E-state index contributed by atoms with van der Waals surface area (Å²) < 4.78 is 64.7. The van der Waals surface area contributed by atoms with Gasteiger partial charge in [0.2, 0.25) is 0 Å². The lowest BCUT2D eigenvalue weighted by molar-refractivity contribution is 0.480. The van der Waals surface area contributed by atoms with E-state index in [9.17, 15) is 25.9 Å². The number of rotatable bonds is 6. The maximum atomic E-state index is 11.5. The maximum Gasteiger partial charge on any atom is 0.294 e. The number of benzene rings is 2. The van der Waals surface area contributed by atoms with E-state index in [4.69, 9.17) is 0 Å². The van der Waals surface area contributed by atoms with Crippen LogP contribution in [0.5, 0.6) is 0 Å². The molecule has 37 heavy (non-hydrogen) atoms. The Kier molecular flexibility index (Phi) is 6.66. The SMILES string of the molecule is CC1(C)C(/C=C/C=C/C=C/C=C2/Nc3ccc(S(=O)(=O)O)cc3C2(C)C)=Nc2ccc(S(=O)(=O)O)cc21. The fourth-order valence-corrected chi connectivity index (χ4v) is 5.44. The Balaban J connectivity index is 1.44. The molecular weight excluding hydrogens is 512 g/mol. The van der Waals surface area contributed by atoms with Gasteiger partial charge in [0, 0.05) is 22.2 Å². The quantitative estimate of drug-likeness (QED) is 0.325. The number of nitrogens with one attached hydrogen (secondary N) is 1. The summed E-state index contributed by atoms with van der Waals surface area (Å²) in [6, 6.07) is 8.89. The van der Waals surface area contributed by atoms with Gasteiger partial charge in [-0.2, -0.15) is 16.8 Å². The van der Waals surface area contributed by atoms with Gasteiger partial charge in [-0.25, -0.2) is 0 Å². The summed E-state index contributed by atoms with van der Waals surface area (Å²) in [5, 5.41) is 3.30. The Bertz CT molecular complexity index is 1640. The third-order valence-corrected chi connectivity index (χ3v) is 8.39. The van der Waals surface area contributed by atoms with E-state index in [2.05, 4.69) is 10.3 Å². The molecule has 2 aliphatic heterocycles. The second kappa shape index (κ2) is 9.21. The van der Waals surface area contributed by atoms with Crippen molar-refractivity contribution in [1.29, 1.82) is 0 Å². The molecule has 194 valence electrons. The summed E-state index contributed by atoms with van der Waals surface area (Å²) in [6.07, 6.45) is 13.0. The number of aliphatic imine (C=N–C) groups is 1. The number of nitrogens with zero attached hydrogens (tertiary/aromatic N) is 1. The third kappa shape index (κ3) is 5.24. The number of anilines is 1. The summed E-state index contributed by atoms with van der Waals surface area (Å²) in [5.41, 5.74) is 3.64. The number of hydrogen-bond acceptors (Lipinski definition) is 6. The van der Waals surface area contributed by atoms with Crippen LogP contribution in [0.2, 0.25) is 0 Å². The van der Waals surface area contributed by atoms with Crippen LogP contribution in [0, 0.1) is 0 Å². The van der Waals surface area contributed by atoms with Crippen LogP contribution < -0.4 is 5.32 Å². The molecule has 2 aliphatic rings. The first-order chi connectivity index (χ1) is 17.1. The molecule has 4 rings (SSSR count). The minimum atomic E-state index is -4.29. The summed E-state index contributed by atoms with van der Waals surface area (Å²) in [4.78, 5) is 4.31. The molecule has 0 spiro atoms. The summed E-state index contributed by atoms with van der Waals surface area (Å²) in [5.74, 6) is 0. The molecule has 2 heterocycles. The van der Waals surface area contributed by atoms with E-state index in [-0.39, 0.29) is 9.79 Å². The summed E-state index contributed by atoms with van der Waals surface area (Å²) in [6.45, 7) is 7.83. The van der Waals surface area contributed by atoms with Crippen LogP contribution in [-0.4, -0.2) is 31.7 Å². The molecule has 2 aromatic rings. The zero-order valence-corrected chi connectivity index (χ0v) is 22.4. The van der Waals surface area contributed by atoms with Gasteiger partial charge in [0.15, 0.2) is 0 Å². The first kappa shape index (κ1) is 26.7. The lowest BCUT2D eigenvalue weighted by Crippen LogP contribution is -2.24. The Morgan fingerprint density at radius 3 is 1.97 bits per heavy atom. The van der Waals surface area contributed by atoms with Crippen LogP contribution in [0.3, 0.4) is 0 Å². The minimum Gasteiger partial charge on any atom is -0.358 e. The second-order valence-corrected chi connectivity index (χ2v) is 12.8. The molecule has 0 amide bonds. The first-order valence-corrected chi connectivity index (χ1v) is 14.3. The van der Waals surface area contributed by atoms with Gasteiger partial charge in [0.25, 0.3) is 20.2 Å². The van der Waals surface area contributed by atoms with E-state index in [0.717, 1.165) is 28.2 Å². The molecule has 0 bridgehead atoms. The van der Waals surface area contributed by atoms with Gasteiger partial charge in [-0.15, -0.1) is 0 Å². The van der Waals surface area contributed by atoms with Crippen molar-refractivity contribution in [3.63, 3.8) is 0 Å². The standard InChI is InChI=1S/C27H28N2O6S2/c1-26(2)20-16-18(36(30,31)32)12-14-22(20)28-24(26)10-8-6-5-7-9-11-25-27(3,4)21-17-19(37(33,34)35)13-15-23(21)29-25/h5-17,28H,1-4H3,(H,30,31,32)(H,33,34,35)/b7-5+,8-6+,11-9+,24-10+. The highest BCUT2D eigenvalue weighted by molar-refractivity contribution is 7.86. The van der Waals surface area contributed by atoms with Gasteiger partial charge in [-0.1, -0.05) is 58.1 Å². The van der Waals surface area contributed by atoms with Gasteiger partial charge in [-0.3, -0.25) is 14.1 Å². The zero-order valence-electron chi connectivity index (χ0n) is 20.8. The van der Waals surface area contributed by atoms with E-state index < -0.39 is 31.1 Å². The van der Waals surface area contributed by atoms with Crippen LogP contribution in [0.15, 0.2) is 99.4 Å². The summed E-state index contributed by atoms with van der Waals surface area (Å²) >= 11 is 0. The average molecular weight is 541 g/mol. The van der Waals surface area contributed by atoms with Crippen LogP contribution in [0.1, 0.15) is 38.8 Å². The van der Waals surface area contributed by atoms with Crippen molar-refractivity contribution >= 4 is 37.3 Å².